The van der Waals surface area contributed by atoms with E-state index in [0.717, 1.165) is 0 Å². The molecule has 27 heavy (non-hydrogen) atoms. The molecule has 1 aromatic rings. The number of nitrogens with zero attached hydrogens (tertiary/aromatic N) is 5. The Morgan fingerprint density at radius 1 is 1.37 bits per heavy atom. The summed E-state index contributed by atoms with van der Waals surface area (Å²) in [5, 5.41) is 13.5. The summed E-state index contributed by atoms with van der Waals surface area (Å²) in [6.07, 6.45) is -5.64. The number of ether oxygens (including phenoxy) is 2. The number of nitro groups is 1. The number of aromatic nitrogens is 1. The third-order valence-electron chi connectivity index (χ3n) is 3.51. The van der Waals surface area contributed by atoms with Gasteiger partial charge in [0.1, 0.15) is 17.0 Å². The highest BCUT2D eigenvalue weighted by molar-refractivity contribution is 6.29. The molecule has 0 saturated carbocycles. The maximum absolute atomic E-state index is 12.8. The fourth-order valence-corrected chi connectivity index (χ4v) is 2.49. The van der Waals surface area contributed by atoms with Gasteiger partial charge >= 0.3 is 6.18 Å². The van der Waals surface area contributed by atoms with Gasteiger partial charge in [-0.1, -0.05) is 17.7 Å². The lowest BCUT2D eigenvalue weighted by atomic mass is 10.3. The van der Waals surface area contributed by atoms with Crippen molar-refractivity contribution in [2.24, 2.45) is 5.10 Å². The van der Waals surface area contributed by atoms with Gasteiger partial charge in [0.25, 0.3) is 12.2 Å². The molecule has 0 aromatic carbocycles. The highest BCUT2D eigenvalue weighted by Gasteiger charge is 2.43. The minimum atomic E-state index is -4.72. The molecule has 1 aromatic heterocycles. The van der Waals surface area contributed by atoms with Gasteiger partial charge in [-0.05, 0) is 18.6 Å². The minimum absolute atomic E-state index is 0.104. The van der Waals surface area contributed by atoms with Crippen LogP contribution in [0.2, 0.25) is 5.15 Å². The van der Waals surface area contributed by atoms with Crippen LogP contribution < -0.4 is 0 Å². The van der Waals surface area contributed by atoms with E-state index in [9.17, 15) is 23.3 Å². The average Bonchev–Trinajstić information content (AvgIpc) is 2.94. The number of hydrogen-bond donors (Lipinski definition) is 0. The quantitative estimate of drug-likeness (QED) is 0.280. The lowest BCUT2D eigenvalue weighted by Crippen LogP contribution is -2.41. The van der Waals surface area contributed by atoms with Crippen molar-refractivity contribution < 1.29 is 27.7 Å². The Balaban J connectivity index is 2.08. The normalized spacial score (nSPS) is 17.6. The maximum atomic E-state index is 12.8. The first-order valence-corrected chi connectivity index (χ1v) is 8.21. The standard InChI is InChI=1S/C14H17ClF3N5O4/c1-2-26-12(14(16,17)18)27-9-22-6-5-21(13(22)20-23(24)25)8-10-3-4-11(15)19-7-10/h3-4,7,12H,2,5-6,8-9H2,1H3/b20-13-. The van der Waals surface area contributed by atoms with Gasteiger partial charge in [0.2, 0.25) is 0 Å². The molecule has 0 amide bonds. The number of pyridine rings is 1. The Hall–Kier alpha value is -2.18. The van der Waals surface area contributed by atoms with Crippen molar-refractivity contribution in [3.63, 3.8) is 0 Å². The summed E-state index contributed by atoms with van der Waals surface area (Å²) >= 11 is 5.72. The van der Waals surface area contributed by atoms with Crippen LogP contribution in [0.25, 0.3) is 0 Å². The predicted octanol–water partition coefficient (Wildman–Crippen LogP) is 2.30. The van der Waals surface area contributed by atoms with Gasteiger partial charge in [0.15, 0.2) is 5.03 Å². The number of alkyl halides is 3. The zero-order valence-electron chi connectivity index (χ0n) is 14.2. The Labute approximate surface area is 157 Å². The fourth-order valence-electron chi connectivity index (χ4n) is 2.38. The molecule has 0 radical (unpaired) electrons. The molecule has 0 bridgehead atoms. The SMILES string of the molecule is CCOC(OCN1CCN(Cc2ccc(Cl)nc2)/C1=N/[N+](=O)[O-])C(F)(F)F. The fraction of sp³-hybridized carbons (Fsp3) is 0.571. The largest absolute Gasteiger partial charge is 0.440 e. The van der Waals surface area contributed by atoms with E-state index in [0.29, 0.717) is 17.3 Å². The van der Waals surface area contributed by atoms with E-state index in [1.54, 1.807) is 17.0 Å². The summed E-state index contributed by atoms with van der Waals surface area (Å²) in [7, 11) is 0. The monoisotopic (exact) mass is 411 g/mol. The van der Waals surface area contributed by atoms with E-state index < -0.39 is 24.2 Å². The summed E-state index contributed by atoms with van der Waals surface area (Å²) < 4.78 is 47.9. The van der Waals surface area contributed by atoms with Crippen molar-refractivity contribution in [2.45, 2.75) is 25.9 Å². The molecule has 1 unspecified atom stereocenters. The number of guanidine groups is 1. The molecule has 13 heteroatoms. The van der Waals surface area contributed by atoms with Gasteiger partial charge in [-0.25, -0.2) is 15.1 Å². The number of hydrazone groups is 1. The van der Waals surface area contributed by atoms with Gasteiger partial charge in [0.05, 0.1) is 0 Å². The van der Waals surface area contributed by atoms with Crippen molar-refractivity contribution in [1.29, 1.82) is 0 Å². The number of hydrogen-bond acceptors (Lipinski definition) is 5. The van der Waals surface area contributed by atoms with Gasteiger partial charge in [-0.15, -0.1) is 0 Å². The molecule has 1 aliphatic heterocycles. The number of rotatable bonds is 8. The van der Waals surface area contributed by atoms with E-state index in [1.807, 2.05) is 0 Å². The Bertz CT molecular complexity index is 674. The second-order valence-electron chi connectivity index (χ2n) is 5.44. The topological polar surface area (TPSA) is 93.3 Å². The molecule has 0 N–H and O–H groups in total. The van der Waals surface area contributed by atoms with Crippen LogP contribution in [0.5, 0.6) is 0 Å². The van der Waals surface area contributed by atoms with Gasteiger partial charge < -0.3 is 19.3 Å². The second kappa shape index (κ2) is 9.15. The van der Waals surface area contributed by atoms with Crippen LogP contribution in [0.1, 0.15) is 12.5 Å². The third-order valence-corrected chi connectivity index (χ3v) is 3.73. The van der Waals surface area contributed by atoms with Crippen LogP contribution >= 0.6 is 11.6 Å². The van der Waals surface area contributed by atoms with Crippen molar-refractivity contribution >= 4 is 17.6 Å². The molecule has 150 valence electrons. The highest BCUT2D eigenvalue weighted by atomic mass is 35.5. The van der Waals surface area contributed by atoms with Crippen molar-refractivity contribution in [3.05, 3.63) is 39.2 Å². The molecule has 1 atom stereocenters. The van der Waals surface area contributed by atoms with Crippen LogP contribution in [0.15, 0.2) is 23.4 Å². The number of halogens is 4. The first-order valence-electron chi connectivity index (χ1n) is 7.84. The molecule has 0 spiro atoms. The molecule has 9 nitrogen and oxygen atoms in total. The molecule has 2 heterocycles. The molecule has 0 aliphatic carbocycles. The first kappa shape index (κ1) is 21.1. The Morgan fingerprint density at radius 2 is 2.07 bits per heavy atom. The van der Waals surface area contributed by atoms with E-state index in [2.05, 4.69) is 14.8 Å². The van der Waals surface area contributed by atoms with Gasteiger partial charge in [-0.3, -0.25) is 0 Å². The molecular formula is C14H17ClF3N5O4. The Kier molecular flexibility index (Phi) is 7.16. The highest BCUT2D eigenvalue weighted by Crippen LogP contribution is 2.24. The van der Waals surface area contributed by atoms with E-state index in [-0.39, 0.29) is 25.7 Å². The zero-order valence-corrected chi connectivity index (χ0v) is 15.0. The van der Waals surface area contributed by atoms with Crippen LogP contribution in [0, 0.1) is 10.1 Å². The van der Waals surface area contributed by atoms with Crippen LogP contribution in [-0.4, -0.2) is 64.7 Å². The van der Waals surface area contributed by atoms with Crippen molar-refractivity contribution in [2.75, 3.05) is 26.4 Å². The van der Waals surface area contributed by atoms with E-state index in [4.69, 9.17) is 16.3 Å². The Morgan fingerprint density at radius 3 is 2.63 bits per heavy atom. The molecule has 2 rings (SSSR count). The minimum Gasteiger partial charge on any atom is -0.345 e. The van der Waals surface area contributed by atoms with Crippen molar-refractivity contribution in [1.82, 2.24) is 14.8 Å². The lowest BCUT2D eigenvalue weighted by Gasteiger charge is -2.25. The zero-order chi connectivity index (χ0) is 20.0. The van der Waals surface area contributed by atoms with E-state index in [1.165, 1.54) is 18.0 Å². The third kappa shape index (κ3) is 6.19. The predicted molar refractivity (Wildman–Crippen MR) is 88.2 cm³/mol. The summed E-state index contributed by atoms with van der Waals surface area (Å²) in [6, 6.07) is 3.25. The summed E-state index contributed by atoms with van der Waals surface area (Å²) in [6.45, 7) is 1.37. The summed E-state index contributed by atoms with van der Waals surface area (Å²) in [5.41, 5.74) is 0.709. The summed E-state index contributed by atoms with van der Waals surface area (Å²) in [4.78, 5) is 17.5. The maximum Gasteiger partial charge on any atom is 0.440 e. The van der Waals surface area contributed by atoms with E-state index >= 15 is 0 Å². The molecule has 1 fully saturated rings. The van der Waals surface area contributed by atoms with Crippen LogP contribution in [0.4, 0.5) is 13.2 Å². The molecule has 1 saturated heterocycles. The average molecular weight is 412 g/mol. The van der Waals surface area contributed by atoms with Gasteiger partial charge in [-0.2, -0.15) is 13.2 Å². The first-order chi connectivity index (χ1) is 12.7. The smallest absolute Gasteiger partial charge is 0.345 e. The molecular weight excluding hydrogens is 395 g/mol. The van der Waals surface area contributed by atoms with Crippen LogP contribution in [0.3, 0.4) is 0 Å². The second-order valence-corrected chi connectivity index (χ2v) is 5.82. The van der Waals surface area contributed by atoms with Crippen molar-refractivity contribution in [3.8, 4) is 0 Å². The van der Waals surface area contributed by atoms with Gasteiger partial charge in [0, 0.05) is 32.4 Å². The lowest BCUT2D eigenvalue weighted by molar-refractivity contribution is -0.486. The van der Waals surface area contributed by atoms with Crippen LogP contribution in [-0.2, 0) is 16.0 Å². The molecule has 1 aliphatic rings. The summed E-state index contributed by atoms with van der Waals surface area (Å²) in [5.74, 6) is -0.104.